The van der Waals surface area contributed by atoms with Crippen molar-refractivity contribution in [2.24, 2.45) is 5.92 Å². The van der Waals surface area contributed by atoms with Crippen LogP contribution in [0.1, 0.15) is 18.9 Å². The minimum atomic E-state index is -3.51. The molecule has 1 aliphatic rings. The van der Waals surface area contributed by atoms with Gasteiger partial charge in [-0.3, -0.25) is 4.21 Å². The number of halogens is 1. The first kappa shape index (κ1) is 17.9. The first-order chi connectivity index (χ1) is 10.4. The molecule has 124 valence electrons. The van der Waals surface area contributed by atoms with E-state index in [1.807, 2.05) is 19.1 Å². The molecule has 1 fully saturated rings. The van der Waals surface area contributed by atoms with Crippen molar-refractivity contribution in [2.45, 2.75) is 24.7 Å². The van der Waals surface area contributed by atoms with Gasteiger partial charge < -0.3 is 0 Å². The van der Waals surface area contributed by atoms with Gasteiger partial charge in [0.25, 0.3) is 0 Å². The number of hydrogen-bond acceptors (Lipinski definition) is 3. The molecule has 1 aromatic carbocycles. The van der Waals surface area contributed by atoms with Gasteiger partial charge in [-0.1, -0.05) is 19.1 Å². The molecule has 1 saturated heterocycles. The molecule has 0 aromatic heterocycles. The Hall–Kier alpha value is -0.430. The normalized spacial score (nSPS) is 24.1. The first-order valence-electron chi connectivity index (χ1n) is 7.43. The van der Waals surface area contributed by atoms with E-state index in [0.29, 0.717) is 35.4 Å². The molecule has 0 bridgehead atoms. The van der Waals surface area contributed by atoms with E-state index in [9.17, 15) is 12.6 Å². The van der Waals surface area contributed by atoms with Crippen molar-refractivity contribution in [3.05, 3.63) is 29.8 Å². The maximum absolute atomic E-state index is 12.7. The molecule has 1 aliphatic heterocycles. The molecule has 0 N–H and O–H groups in total. The van der Waals surface area contributed by atoms with Gasteiger partial charge in [0.2, 0.25) is 10.0 Å². The quantitative estimate of drug-likeness (QED) is 0.754. The Morgan fingerprint density at radius 2 is 2.00 bits per heavy atom. The van der Waals surface area contributed by atoms with Crippen molar-refractivity contribution in [1.82, 2.24) is 4.31 Å². The lowest BCUT2D eigenvalue weighted by atomic mass is 10.1. The molecule has 1 aromatic rings. The summed E-state index contributed by atoms with van der Waals surface area (Å²) in [6.45, 7) is 2.70. The zero-order chi connectivity index (χ0) is 16.2. The highest BCUT2D eigenvalue weighted by Gasteiger charge is 2.29. The average Bonchev–Trinajstić information content (AvgIpc) is 2.66. The summed E-state index contributed by atoms with van der Waals surface area (Å²) in [5.74, 6) is 1.70. The maximum Gasteiger partial charge on any atom is 0.243 e. The third-order valence-corrected chi connectivity index (χ3v) is 7.44. The molecule has 2 rings (SSSR count). The van der Waals surface area contributed by atoms with Gasteiger partial charge in [0, 0.05) is 41.3 Å². The van der Waals surface area contributed by atoms with Crippen molar-refractivity contribution in [2.75, 3.05) is 30.5 Å². The molecule has 22 heavy (non-hydrogen) atoms. The van der Waals surface area contributed by atoms with Gasteiger partial charge in [-0.25, -0.2) is 8.42 Å². The lowest BCUT2D eigenvalue weighted by Crippen LogP contribution is -2.35. The van der Waals surface area contributed by atoms with Gasteiger partial charge in [0.15, 0.2) is 0 Å². The number of nitrogens with zero attached hydrogens (tertiary/aromatic N) is 1. The lowest BCUT2D eigenvalue weighted by molar-refractivity contribution is 0.392. The fraction of sp³-hybridized carbons (Fsp3) is 0.600. The standard InChI is InChI=1S/C15H22ClNO3S2/c1-13-11-17(9-10-21(18)12-13)22(19,20)15-6-4-14(5-7-15)3-2-8-16/h4-7,13H,2-3,8-12H2,1H3/t13-,21-/m0/s1. The van der Waals surface area contributed by atoms with Crippen molar-refractivity contribution < 1.29 is 12.6 Å². The van der Waals surface area contributed by atoms with Crippen LogP contribution < -0.4 is 0 Å². The molecular weight excluding hydrogens is 342 g/mol. The Labute approximate surface area is 140 Å². The van der Waals surface area contributed by atoms with Gasteiger partial charge in [-0.2, -0.15) is 4.31 Å². The minimum absolute atomic E-state index is 0.112. The average molecular weight is 364 g/mol. The lowest BCUT2D eigenvalue weighted by Gasteiger charge is -2.21. The summed E-state index contributed by atoms with van der Waals surface area (Å²) >= 11 is 5.67. The van der Waals surface area contributed by atoms with Crippen LogP contribution in [0.2, 0.25) is 0 Å². The Bertz CT molecular complexity index is 616. The molecule has 0 radical (unpaired) electrons. The number of aryl methyl sites for hydroxylation is 1. The number of hydrogen-bond donors (Lipinski definition) is 0. The van der Waals surface area contributed by atoms with Crippen molar-refractivity contribution in [3.8, 4) is 0 Å². The SMILES string of the molecule is C[C@H]1CN(S(=O)(=O)c2ccc(CCCCl)cc2)CC[S@](=O)C1. The summed E-state index contributed by atoms with van der Waals surface area (Å²) in [5.41, 5.74) is 1.09. The van der Waals surface area contributed by atoms with Gasteiger partial charge in [0.05, 0.1) is 4.90 Å². The Morgan fingerprint density at radius 3 is 2.64 bits per heavy atom. The van der Waals surface area contributed by atoms with Crippen LogP contribution in [0.4, 0.5) is 0 Å². The minimum Gasteiger partial charge on any atom is -0.260 e. The predicted molar refractivity (Wildman–Crippen MR) is 91.3 cm³/mol. The molecule has 7 heteroatoms. The van der Waals surface area contributed by atoms with E-state index in [-0.39, 0.29) is 5.92 Å². The first-order valence-corrected chi connectivity index (χ1v) is 10.9. The van der Waals surface area contributed by atoms with E-state index in [2.05, 4.69) is 0 Å². The number of sulfonamides is 1. The Morgan fingerprint density at radius 1 is 1.32 bits per heavy atom. The molecule has 1 heterocycles. The van der Waals surface area contributed by atoms with E-state index in [4.69, 9.17) is 11.6 Å². The topological polar surface area (TPSA) is 54.5 Å². The van der Waals surface area contributed by atoms with E-state index in [1.54, 1.807) is 12.1 Å². The summed E-state index contributed by atoms with van der Waals surface area (Å²) < 4.78 is 38.6. The van der Waals surface area contributed by atoms with Crippen LogP contribution in [0.15, 0.2) is 29.2 Å². The Balaban J connectivity index is 2.16. The van der Waals surface area contributed by atoms with E-state index < -0.39 is 20.8 Å². The molecule has 0 unspecified atom stereocenters. The predicted octanol–water partition coefficient (Wildman–Crippen LogP) is 2.25. The van der Waals surface area contributed by atoms with Crippen molar-refractivity contribution >= 4 is 32.4 Å². The summed E-state index contributed by atoms with van der Waals surface area (Å²) in [6, 6.07) is 7.01. The zero-order valence-corrected chi connectivity index (χ0v) is 15.1. The summed E-state index contributed by atoms with van der Waals surface area (Å²) in [5, 5.41) is 0. The second-order valence-electron chi connectivity index (χ2n) is 5.72. The van der Waals surface area contributed by atoms with Gasteiger partial charge in [-0.05, 0) is 36.5 Å². The molecule has 4 nitrogen and oxygen atoms in total. The zero-order valence-electron chi connectivity index (χ0n) is 12.7. The largest absolute Gasteiger partial charge is 0.260 e. The van der Waals surface area contributed by atoms with Crippen LogP contribution in [0.5, 0.6) is 0 Å². The molecule has 0 spiro atoms. The van der Waals surface area contributed by atoms with E-state index in [1.165, 1.54) is 4.31 Å². The third-order valence-electron chi connectivity index (χ3n) is 3.71. The molecule has 0 aliphatic carbocycles. The highest BCUT2D eigenvalue weighted by atomic mass is 35.5. The second kappa shape index (κ2) is 7.90. The summed E-state index contributed by atoms with van der Waals surface area (Å²) in [6.07, 6.45) is 1.73. The number of alkyl halides is 1. The fourth-order valence-electron chi connectivity index (χ4n) is 2.56. The second-order valence-corrected chi connectivity index (χ2v) is 9.65. The van der Waals surface area contributed by atoms with Crippen LogP contribution in [0.25, 0.3) is 0 Å². The third kappa shape index (κ3) is 4.54. The van der Waals surface area contributed by atoms with E-state index in [0.717, 1.165) is 18.4 Å². The van der Waals surface area contributed by atoms with Gasteiger partial charge >= 0.3 is 0 Å². The maximum atomic E-state index is 12.7. The highest BCUT2D eigenvalue weighted by Crippen LogP contribution is 2.20. The van der Waals surface area contributed by atoms with Crippen molar-refractivity contribution in [1.29, 1.82) is 0 Å². The Kier molecular flexibility index (Phi) is 6.44. The fourth-order valence-corrected chi connectivity index (χ4v) is 5.70. The van der Waals surface area contributed by atoms with Crippen LogP contribution in [0, 0.1) is 5.92 Å². The van der Waals surface area contributed by atoms with Crippen molar-refractivity contribution in [3.63, 3.8) is 0 Å². The summed E-state index contributed by atoms with van der Waals surface area (Å²) in [7, 11) is -4.43. The highest BCUT2D eigenvalue weighted by molar-refractivity contribution is 7.89. The summed E-state index contributed by atoms with van der Waals surface area (Å²) in [4.78, 5) is 0.307. The van der Waals surface area contributed by atoms with Crippen LogP contribution in [-0.2, 0) is 27.2 Å². The van der Waals surface area contributed by atoms with Crippen LogP contribution in [0.3, 0.4) is 0 Å². The van der Waals surface area contributed by atoms with E-state index >= 15 is 0 Å². The molecule has 2 atom stereocenters. The number of benzene rings is 1. The van der Waals surface area contributed by atoms with Crippen LogP contribution in [-0.4, -0.2) is 47.4 Å². The van der Waals surface area contributed by atoms with Gasteiger partial charge in [0.1, 0.15) is 0 Å². The molecular formula is C15H22ClNO3S2. The van der Waals surface area contributed by atoms with Crippen LogP contribution >= 0.6 is 11.6 Å². The molecule has 0 saturated carbocycles. The number of rotatable bonds is 5. The van der Waals surface area contributed by atoms with Gasteiger partial charge in [-0.15, -0.1) is 11.6 Å². The smallest absolute Gasteiger partial charge is 0.243 e. The monoisotopic (exact) mass is 363 g/mol. The molecule has 0 amide bonds.